The lowest BCUT2D eigenvalue weighted by Crippen LogP contribution is -2.29. The minimum Gasteiger partial charge on any atom is -0.494 e. The molecule has 0 saturated carbocycles. The molecule has 1 aliphatic heterocycles. The van der Waals surface area contributed by atoms with Crippen LogP contribution in [-0.2, 0) is 0 Å². The summed E-state index contributed by atoms with van der Waals surface area (Å²) in [5.74, 6) is 0.678. The third-order valence-electron chi connectivity index (χ3n) is 5.50. The maximum atomic E-state index is 13.5. The first kappa shape index (κ1) is 20.8. The van der Waals surface area contributed by atoms with Gasteiger partial charge in [0.15, 0.2) is 0 Å². The number of ether oxygens (including phenoxy) is 1. The summed E-state index contributed by atoms with van der Waals surface area (Å²) in [6, 6.07) is 22.7. The zero-order valence-corrected chi connectivity index (χ0v) is 19.5. The van der Waals surface area contributed by atoms with Gasteiger partial charge in [0, 0.05) is 26.3 Å². The van der Waals surface area contributed by atoms with Gasteiger partial charge in [-0.05, 0) is 73.2 Å². The molecular weight excluding hydrogens is 490 g/mol. The van der Waals surface area contributed by atoms with Crippen molar-refractivity contribution in [3.63, 3.8) is 0 Å². The number of amides is 1. The van der Waals surface area contributed by atoms with Gasteiger partial charge in [-0.1, -0.05) is 39.7 Å². The number of aromatic amines is 1. The topological polar surface area (TPSA) is 58.2 Å². The van der Waals surface area contributed by atoms with Crippen LogP contribution in [0.3, 0.4) is 0 Å². The lowest BCUT2D eigenvalue weighted by Gasteiger charge is -2.26. The van der Waals surface area contributed by atoms with Crippen molar-refractivity contribution in [2.45, 2.75) is 13.0 Å². The average molecular weight is 509 g/mol. The van der Waals surface area contributed by atoms with Gasteiger partial charge in [-0.25, -0.2) is 0 Å². The number of hydrogen-bond donors (Lipinski definition) is 1. The van der Waals surface area contributed by atoms with Gasteiger partial charge in [-0.15, -0.1) is 0 Å². The monoisotopic (exact) mass is 507 g/mol. The first-order chi connectivity index (χ1) is 15.6. The molecule has 32 heavy (non-hydrogen) atoms. The van der Waals surface area contributed by atoms with Gasteiger partial charge < -0.3 is 4.74 Å². The molecule has 0 unspecified atom stereocenters. The van der Waals surface area contributed by atoms with Crippen molar-refractivity contribution in [1.82, 2.24) is 10.2 Å². The molecule has 2 heterocycles. The minimum atomic E-state index is -0.337. The van der Waals surface area contributed by atoms with Crippen molar-refractivity contribution in [1.29, 1.82) is 0 Å². The Labute approximate surface area is 199 Å². The summed E-state index contributed by atoms with van der Waals surface area (Å²) in [5, 5.41) is 8.16. The van der Waals surface area contributed by atoms with Gasteiger partial charge in [0.1, 0.15) is 11.4 Å². The normalized spacial score (nSPS) is 15.2. The lowest BCUT2D eigenvalue weighted by molar-refractivity contribution is 0.0989. The molecule has 4 aromatic rings. The molecule has 1 aromatic heterocycles. The van der Waals surface area contributed by atoms with Crippen LogP contribution in [0.4, 0.5) is 5.69 Å². The lowest BCUT2D eigenvalue weighted by atomic mass is 9.96. The number of halogens is 2. The van der Waals surface area contributed by atoms with E-state index in [9.17, 15) is 4.79 Å². The van der Waals surface area contributed by atoms with Crippen molar-refractivity contribution in [3.8, 4) is 17.0 Å². The molecular formula is C25H19BrClN3O2. The Kier molecular flexibility index (Phi) is 5.49. The number of H-pyrrole nitrogens is 1. The van der Waals surface area contributed by atoms with E-state index in [0.29, 0.717) is 17.3 Å². The number of benzene rings is 3. The fourth-order valence-electron chi connectivity index (χ4n) is 4.07. The molecule has 1 atom stereocenters. The second-order valence-electron chi connectivity index (χ2n) is 7.42. The summed E-state index contributed by atoms with van der Waals surface area (Å²) < 4.78 is 6.52. The zero-order chi connectivity index (χ0) is 22.2. The smallest absolute Gasteiger partial charge is 0.277 e. The van der Waals surface area contributed by atoms with Gasteiger partial charge >= 0.3 is 0 Å². The van der Waals surface area contributed by atoms with Crippen molar-refractivity contribution in [3.05, 3.63) is 99.1 Å². The van der Waals surface area contributed by atoms with Crippen molar-refractivity contribution >= 4 is 39.1 Å². The van der Waals surface area contributed by atoms with Crippen LogP contribution in [0.5, 0.6) is 5.75 Å². The summed E-state index contributed by atoms with van der Waals surface area (Å²) >= 11 is 9.62. The molecule has 5 nitrogen and oxygen atoms in total. The number of nitrogens with zero attached hydrogens (tertiary/aromatic N) is 2. The maximum Gasteiger partial charge on any atom is 0.277 e. The Hall–Kier alpha value is -3.09. The van der Waals surface area contributed by atoms with Crippen LogP contribution in [-0.4, -0.2) is 22.7 Å². The van der Waals surface area contributed by atoms with Crippen LogP contribution in [0.2, 0.25) is 5.02 Å². The quantitative estimate of drug-likeness (QED) is 0.329. The number of anilines is 1. The Morgan fingerprint density at radius 3 is 2.38 bits per heavy atom. The van der Waals surface area contributed by atoms with Gasteiger partial charge in [0.2, 0.25) is 0 Å². The molecule has 160 valence electrons. The summed E-state index contributed by atoms with van der Waals surface area (Å²) in [4.78, 5) is 15.3. The molecule has 0 saturated heterocycles. The number of aromatic nitrogens is 2. The number of hydrogen-bond acceptors (Lipinski definition) is 3. The van der Waals surface area contributed by atoms with Crippen LogP contribution in [0.15, 0.2) is 77.3 Å². The van der Waals surface area contributed by atoms with E-state index >= 15 is 0 Å². The summed E-state index contributed by atoms with van der Waals surface area (Å²) in [5.41, 5.74) is 4.77. The Morgan fingerprint density at radius 2 is 1.72 bits per heavy atom. The molecule has 1 aliphatic rings. The maximum absolute atomic E-state index is 13.5. The van der Waals surface area contributed by atoms with E-state index in [-0.39, 0.29) is 11.9 Å². The fourth-order valence-corrected chi connectivity index (χ4v) is 4.46. The molecule has 1 amide bonds. The van der Waals surface area contributed by atoms with E-state index < -0.39 is 0 Å². The molecule has 3 aromatic carbocycles. The van der Waals surface area contributed by atoms with Gasteiger partial charge in [-0.2, -0.15) is 5.10 Å². The number of carbonyl (C=O) groups is 1. The third-order valence-corrected chi connectivity index (χ3v) is 6.28. The number of nitrogens with one attached hydrogen (secondary N) is 1. The van der Waals surface area contributed by atoms with Gasteiger partial charge in [0.05, 0.1) is 18.3 Å². The van der Waals surface area contributed by atoms with Crippen LogP contribution in [0.25, 0.3) is 11.3 Å². The van der Waals surface area contributed by atoms with Crippen LogP contribution in [0, 0.1) is 0 Å². The Bertz CT molecular complexity index is 1270. The highest BCUT2D eigenvalue weighted by Crippen LogP contribution is 2.45. The van der Waals surface area contributed by atoms with Gasteiger partial charge in [-0.3, -0.25) is 14.8 Å². The Morgan fingerprint density at radius 1 is 1.03 bits per heavy atom. The third kappa shape index (κ3) is 3.59. The van der Waals surface area contributed by atoms with E-state index in [0.717, 1.165) is 38.3 Å². The van der Waals surface area contributed by atoms with Crippen LogP contribution >= 0.6 is 27.5 Å². The highest BCUT2D eigenvalue weighted by Gasteiger charge is 2.43. The molecule has 7 heteroatoms. The average Bonchev–Trinajstić information content (AvgIpc) is 3.35. The molecule has 1 N–H and O–H groups in total. The van der Waals surface area contributed by atoms with Crippen molar-refractivity contribution in [2.75, 3.05) is 11.5 Å². The molecule has 0 fully saturated rings. The Balaban J connectivity index is 1.66. The molecule has 5 rings (SSSR count). The number of carbonyl (C=O) groups excluding carboxylic acids is 1. The predicted octanol–water partition coefficient (Wildman–Crippen LogP) is 6.64. The molecule has 0 bridgehead atoms. The summed E-state index contributed by atoms with van der Waals surface area (Å²) in [7, 11) is 0. The van der Waals surface area contributed by atoms with E-state index in [2.05, 4.69) is 26.1 Å². The summed E-state index contributed by atoms with van der Waals surface area (Å²) in [6.07, 6.45) is 0. The van der Waals surface area contributed by atoms with E-state index in [1.165, 1.54) is 0 Å². The summed E-state index contributed by atoms with van der Waals surface area (Å²) in [6.45, 7) is 2.56. The second kappa shape index (κ2) is 8.45. The number of fused-ring (bicyclic) bond motifs is 1. The SMILES string of the molecule is CCOc1ccc(-c2n[nH]c3c2[C@@H](c2ccc(Cl)cc2)N(c2ccc(Br)cc2)C3=O)cc1. The van der Waals surface area contributed by atoms with E-state index in [1.807, 2.05) is 79.7 Å². The van der Waals surface area contributed by atoms with E-state index in [4.69, 9.17) is 16.3 Å². The first-order valence-corrected chi connectivity index (χ1v) is 11.4. The molecule has 0 aliphatic carbocycles. The standard InChI is InChI=1S/C25H19BrClN3O2/c1-2-32-20-13-5-15(6-14-20)22-21-23(29-28-22)25(31)30(19-11-7-17(26)8-12-19)24(21)16-3-9-18(27)10-4-16/h3-14,24H,2H2,1H3,(H,28,29)/t24-/m1/s1. The second-order valence-corrected chi connectivity index (χ2v) is 8.78. The molecule has 0 radical (unpaired) electrons. The highest BCUT2D eigenvalue weighted by atomic mass is 79.9. The fraction of sp³-hybridized carbons (Fsp3) is 0.120. The first-order valence-electron chi connectivity index (χ1n) is 10.2. The van der Waals surface area contributed by atoms with Crippen molar-refractivity contribution in [2.24, 2.45) is 0 Å². The van der Waals surface area contributed by atoms with Gasteiger partial charge in [0.25, 0.3) is 5.91 Å². The zero-order valence-electron chi connectivity index (χ0n) is 17.2. The number of rotatable bonds is 5. The highest BCUT2D eigenvalue weighted by molar-refractivity contribution is 9.10. The van der Waals surface area contributed by atoms with E-state index in [1.54, 1.807) is 4.90 Å². The largest absolute Gasteiger partial charge is 0.494 e. The van der Waals surface area contributed by atoms with Crippen LogP contribution < -0.4 is 9.64 Å². The predicted molar refractivity (Wildman–Crippen MR) is 129 cm³/mol. The molecule has 0 spiro atoms. The minimum absolute atomic E-state index is 0.119. The van der Waals surface area contributed by atoms with Crippen LogP contribution in [0.1, 0.15) is 34.6 Å². The van der Waals surface area contributed by atoms with Crippen molar-refractivity contribution < 1.29 is 9.53 Å².